The van der Waals surface area contributed by atoms with E-state index in [1.807, 2.05) is 42.5 Å². The van der Waals surface area contributed by atoms with E-state index < -0.39 is 5.91 Å². The van der Waals surface area contributed by atoms with Gasteiger partial charge in [-0.1, -0.05) is 48.5 Å². The van der Waals surface area contributed by atoms with Crippen molar-refractivity contribution in [1.82, 2.24) is 19.7 Å². The molecule has 0 aliphatic rings. The molecule has 29 heavy (non-hydrogen) atoms. The first-order valence-corrected chi connectivity index (χ1v) is 9.04. The van der Waals surface area contributed by atoms with Crippen LogP contribution in [0.2, 0.25) is 0 Å². The number of aromatic amines is 1. The number of amides is 1. The standard InChI is InChI=1S/C22H15N5O2/c28-20(25-22-23-17-12-6-7-13-18(17)24-22)19-15-10-4-5-11-16(15)21(29)27(26-19)14-8-2-1-3-9-14/h1-13H,(H2,23,24,25,28). The van der Waals surface area contributed by atoms with Crippen molar-refractivity contribution in [2.75, 3.05) is 5.32 Å². The number of carbonyl (C=O) groups excluding carboxylic acids is 1. The molecule has 7 heteroatoms. The van der Waals surface area contributed by atoms with Crippen LogP contribution in [-0.2, 0) is 0 Å². The highest BCUT2D eigenvalue weighted by molar-refractivity contribution is 6.10. The second-order valence-corrected chi connectivity index (χ2v) is 6.50. The fourth-order valence-corrected chi connectivity index (χ4v) is 3.28. The van der Waals surface area contributed by atoms with E-state index in [1.165, 1.54) is 4.68 Å². The van der Waals surface area contributed by atoms with Gasteiger partial charge in [-0.2, -0.15) is 9.78 Å². The van der Waals surface area contributed by atoms with Gasteiger partial charge in [-0.15, -0.1) is 0 Å². The smallest absolute Gasteiger partial charge is 0.279 e. The number of para-hydroxylation sites is 3. The number of benzene rings is 3. The van der Waals surface area contributed by atoms with E-state index >= 15 is 0 Å². The van der Waals surface area contributed by atoms with Gasteiger partial charge in [0, 0.05) is 5.39 Å². The molecule has 0 aliphatic heterocycles. The molecule has 0 spiro atoms. The maximum absolute atomic E-state index is 13.1. The van der Waals surface area contributed by atoms with E-state index in [2.05, 4.69) is 20.4 Å². The fraction of sp³-hybridized carbons (Fsp3) is 0. The number of rotatable bonds is 3. The van der Waals surface area contributed by atoms with Crippen LogP contribution in [0, 0.1) is 0 Å². The zero-order valence-electron chi connectivity index (χ0n) is 15.2. The summed E-state index contributed by atoms with van der Waals surface area (Å²) in [7, 11) is 0. The zero-order valence-corrected chi connectivity index (χ0v) is 15.2. The van der Waals surface area contributed by atoms with E-state index in [1.54, 1.807) is 36.4 Å². The summed E-state index contributed by atoms with van der Waals surface area (Å²) in [5.74, 6) is -0.135. The van der Waals surface area contributed by atoms with Crippen LogP contribution in [0.5, 0.6) is 0 Å². The van der Waals surface area contributed by atoms with Crippen LogP contribution in [0.25, 0.3) is 27.5 Å². The Labute approximate surface area is 164 Å². The molecule has 0 fully saturated rings. The Kier molecular flexibility index (Phi) is 3.91. The minimum Gasteiger partial charge on any atom is -0.324 e. The topological polar surface area (TPSA) is 92.7 Å². The lowest BCUT2D eigenvalue weighted by Gasteiger charge is -2.10. The highest BCUT2D eigenvalue weighted by Crippen LogP contribution is 2.18. The Morgan fingerprint density at radius 1 is 0.862 bits per heavy atom. The number of nitrogens with zero attached hydrogens (tertiary/aromatic N) is 3. The third-order valence-electron chi connectivity index (χ3n) is 4.64. The average Bonchev–Trinajstić information content (AvgIpc) is 3.17. The SMILES string of the molecule is O=C(Nc1nc2ccccc2[nH]1)c1nn(-c2ccccc2)c(=O)c2ccccc12. The lowest BCUT2D eigenvalue weighted by Crippen LogP contribution is -2.26. The number of nitrogens with one attached hydrogen (secondary N) is 2. The van der Waals surface area contributed by atoms with Crippen LogP contribution in [0.3, 0.4) is 0 Å². The maximum Gasteiger partial charge on any atom is 0.279 e. The normalized spacial score (nSPS) is 11.0. The number of aromatic nitrogens is 4. The Hall–Kier alpha value is -4.26. The van der Waals surface area contributed by atoms with Gasteiger partial charge in [0.25, 0.3) is 11.5 Å². The van der Waals surface area contributed by atoms with Gasteiger partial charge >= 0.3 is 0 Å². The quantitative estimate of drug-likeness (QED) is 0.500. The van der Waals surface area contributed by atoms with Gasteiger partial charge in [-0.3, -0.25) is 14.9 Å². The van der Waals surface area contributed by atoms with Gasteiger partial charge < -0.3 is 4.98 Å². The molecule has 0 radical (unpaired) electrons. The minimum absolute atomic E-state index is 0.143. The summed E-state index contributed by atoms with van der Waals surface area (Å²) >= 11 is 0. The lowest BCUT2D eigenvalue weighted by atomic mass is 10.1. The highest BCUT2D eigenvalue weighted by atomic mass is 16.2. The van der Waals surface area contributed by atoms with Crippen LogP contribution >= 0.6 is 0 Å². The minimum atomic E-state index is -0.454. The molecule has 0 saturated heterocycles. The monoisotopic (exact) mass is 381 g/mol. The second kappa shape index (κ2) is 6.72. The average molecular weight is 381 g/mol. The Morgan fingerprint density at radius 2 is 1.55 bits per heavy atom. The molecular weight excluding hydrogens is 366 g/mol. The van der Waals surface area contributed by atoms with Crippen molar-refractivity contribution < 1.29 is 4.79 Å². The van der Waals surface area contributed by atoms with Crippen molar-refractivity contribution in [3.05, 3.63) is 94.9 Å². The van der Waals surface area contributed by atoms with Gasteiger partial charge in [0.1, 0.15) is 0 Å². The van der Waals surface area contributed by atoms with Crippen molar-refractivity contribution in [2.24, 2.45) is 0 Å². The number of fused-ring (bicyclic) bond motifs is 2. The van der Waals surface area contributed by atoms with E-state index in [-0.39, 0.29) is 11.3 Å². The van der Waals surface area contributed by atoms with Crippen LogP contribution in [0.1, 0.15) is 10.5 Å². The molecule has 0 saturated carbocycles. The number of carbonyl (C=O) groups is 1. The van der Waals surface area contributed by atoms with E-state index in [0.717, 1.165) is 11.0 Å². The summed E-state index contributed by atoms with van der Waals surface area (Å²) in [5, 5.41) is 8.03. The molecule has 0 unspecified atom stereocenters. The molecule has 140 valence electrons. The molecule has 0 atom stereocenters. The van der Waals surface area contributed by atoms with Gasteiger partial charge in [0.15, 0.2) is 5.69 Å². The first-order chi connectivity index (χ1) is 14.2. The molecule has 5 rings (SSSR count). The summed E-state index contributed by atoms with van der Waals surface area (Å²) < 4.78 is 1.25. The predicted molar refractivity (Wildman–Crippen MR) is 111 cm³/mol. The Morgan fingerprint density at radius 3 is 2.34 bits per heavy atom. The van der Waals surface area contributed by atoms with Crippen LogP contribution in [-0.4, -0.2) is 25.7 Å². The first-order valence-electron chi connectivity index (χ1n) is 9.04. The third-order valence-corrected chi connectivity index (χ3v) is 4.64. The molecule has 1 amide bonds. The van der Waals surface area contributed by atoms with Gasteiger partial charge in [-0.05, 0) is 30.3 Å². The highest BCUT2D eigenvalue weighted by Gasteiger charge is 2.18. The van der Waals surface area contributed by atoms with Gasteiger partial charge in [-0.25, -0.2) is 4.98 Å². The molecule has 5 aromatic rings. The fourth-order valence-electron chi connectivity index (χ4n) is 3.28. The molecule has 2 aromatic heterocycles. The number of H-pyrrole nitrogens is 1. The van der Waals surface area contributed by atoms with Crippen LogP contribution in [0.4, 0.5) is 5.95 Å². The van der Waals surface area contributed by atoms with E-state index in [9.17, 15) is 9.59 Å². The zero-order chi connectivity index (χ0) is 19.8. The summed E-state index contributed by atoms with van der Waals surface area (Å²) in [4.78, 5) is 33.4. The largest absolute Gasteiger partial charge is 0.324 e. The van der Waals surface area contributed by atoms with Crippen LogP contribution < -0.4 is 10.9 Å². The summed E-state index contributed by atoms with van der Waals surface area (Å²) in [5.41, 5.74) is 2.00. The summed E-state index contributed by atoms with van der Waals surface area (Å²) in [6.45, 7) is 0. The van der Waals surface area contributed by atoms with Crippen molar-refractivity contribution in [1.29, 1.82) is 0 Å². The van der Waals surface area contributed by atoms with Crippen molar-refractivity contribution in [3.8, 4) is 5.69 Å². The number of hydrogen-bond donors (Lipinski definition) is 2. The predicted octanol–water partition coefficient (Wildman–Crippen LogP) is 3.51. The molecular formula is C22H15N5O2. The van der Waals surface area contributed by atoms with Crippen molar-refractivity contribution in [2.45, 2.75) is 0 Å². The maximum atomic E-state index is 13.1. The Bertz CT molecular complexity index is 1390. The van der Waals surface area contributed by atoms with Crippen molar-refractivity contribution >= 4 is 33.7 Å². The summed E-state index contributed by atoms with van der Waals surface area (Å²) in [6.07, 6.45) is 0. The van der Waals surface area contributed by atoms with Gasteiger partial charge in [0.2, 0.25) is 5.95 Å². The number of anilines is 1. The number of imidazole rings is 1. The molecule has 0 bridgehead atoms. The molecule has 0 aliphatic carbocycles. The molecule has 2 N–H and O–H groups in total. The van der Waals surface area contributed by atoms with Crippen molar-refractivity contribution in [3.63, 3.8) is 0 Å². The number of hydrogen-bond acceptors (Lipinski definition) is 4. The molecule has 2 heterocycles. The molecule has 3 aromatic carbocycles. The third kappa shape index (κ3) is 2.94. The Balaban J connectivity index is 1.64. The van der Waals surface area contributed by atoms with E-state index in [0.29, 0.717) is 22.4 Å². The van der Waals surface area contributed by atoms with Gasteiger partial charge in [0.05, 0.1) is 22.1 Å². The van der Waals surface area contributed by atoms with Crippen LogP contribution in [0.15, 0.2) is 83.7 Å². The molecule has 7 nitrogen and oxygen atoms in total. The van der Waals surface area contributed by atoms with E-state index in [4.69, 9.17) is 0 Å². The lowest BCUT2D eigenvalue weighted by molar-refractivity contribution is 0.102. The second-order valence-electron chi connectivity index (χ2n) is 6.50. The summed E-state index contributed by atoms with van der Waals surface area (Å²) in [6, 6.07) is 23.4. The first kappa shape index (κ1) is 16.9.